The lowest BCUT2D eigenvalue weighted by Gasteiger charge is -2.21. The van der Waals surface area contributed by atoms with Gasteiger partial charge in [0, 0.05) is 25.7 Å². The fourth-order valence-corrected chi connectivity index (χ4v) is 11.4. The predicted molar refractivity (Wildman–Crippen MR) is 335 cm³/mol. The molecule has 2 unspecified atom stereocenters. The highest BCUT2D eigenvalue weighted by Gasteiger charge is 2.30. The highest BCUT2D eigenvalue weighted by atomic mass is 31.2. The van der Waals surface area contributed by atoms with E-state index in [0.29, 0.717) is 25.7 Å². The summed E-state index contributed by atoms with van der Waals surface area (Å²) in [5.41, 5.74) is 0. The average Bonchev–Trinajstić information content (AvgIpc) is 3.54. The molecule has 5 atom stereocenters. The van der Waals surface area contributed by atoms with Crippen LogP contribution in [-0.4, -0.2) is 96.7 Å². The Morgan fingerprint density at radius 2 is 0.476 bits per heavy atom. The summed E-state index contributed by atoms with van der Waals surface area (Å²) in [6.45, 7) is 4.75. The Morgan fingerprint density at radius 1 is 0.286 bits per heavy atom. The van der Waals surface area contributed by atoms with Gasteiger partial charge in [-0.15, -0.1) is 0 Å². The average molecular weight is 1240 g/mol. The van der Waals surface area contributed by atoms with Crippen molar-refractivity contribution in [2.24, 2.45) is 0 Å². The zero-order valence-electron chi connectivity index (χ0n) is 53.9. The molecule has 0 amide bonds. The minimum absolute atomic E-state index is 0.103. The number of esters is 4. The van der Waals surface area contributed by atoms with E-state index < -0.39 is 97.5 Å². The Kier molecular flexibility index (Phi) is 58.6. The van der Waals surface area contributed by atoms with Crippen LogP contribution >= 0.6 is 15.6 Å². The first kappa shape index (κ1) is 82.1. The lowest BCUT2D eigenvalue weighted by Crippen LogP contribution is -2.30. The first-order valence-electron chi connectivity index (χ1n) is 34.3. The second-order valence-corrected chi connectivity index (χ2v) is 26.4. The van der Waals surface area contributed by atoms with Crippen molar-refractivity contribution in [3.05, 3.63) is 0 Å². The summed E-state index contributed by atoms with van der Waals surface area (Å²) in [6.07, 6.45) is 46.6. The van der Waals surface area contributed by atoms with Gasteiger partial charge in [0.2, 0.25) is 0 Å². The van der Waals surface area contributed by atoms with Crippen LogP contribution in [0.2, 0.25) is 0 Å². The third kappa shape index (κ3) is 59.0. The topological polar surface area (TPSA) is 237 Å². The van der Waals surface area contributed by atoms with Crippen LogP contribution in [0.15, 0.2) is 0 Å². The molecule has 0 fully saturated rings. The van der Waals surface area contributed by atoms with E-state index in [0.717, 1.165) is 109 Å². The number of hydrogen-bond acceptors (Lipinski definition) is 15. The van der Waals surface area contributed by atoms with Crippen molar-refractivity contribution >= 4 is 39.5 Å². The maximum absolute atomic E-state index is 13.0. The van der Waals surface area contributed by atoms with Gasteiger partial charge in [0.15, 0.2) is 12.2 Å². The number of aliphatic hydroxyl groups is 1. The van der Waals surface area contributed by atoms with Crippen LogP contribution in [0.4, 0.5) is 0 Å². The van der Waals surface area contributed by atoms with Crippen LogP contribution in [0.1, 0.15) is 336 Å². The molecular weight excluding hydrogens is 1110 g/mol. The molecule has 19 heteroatoms. The molecule has 0 heterocycles. The van der Waals surface area contributed by atoms with Gasteiger partial charge in [-0.25, -0.2) is 9.13 Å². The Labute approximate surface area is 511 Å². The van der Waals surface area contributed by atoms with E-state index >= 15 is 0 Å². The van der Waals surface area contributed by atoms with E-state index in [1.54, 1.807) is 0 Å². The fraction of sp³-hybridized carbons (Fsp3) is 0.938. The first-order valence-corrected chi connectivity index (χ1v) is 37.3. The molecule has 0 aliphatic rings. The third-order valence-electron chi connectivity index (χ3n) is 15.1. The van der Waals surface area contributed by atoms with Crippen LogP contribution in [0, 0.1) is 0 Å². The fourth-order valence-electron chi connectivity index (χ4n) is 9.81. The third-order valence-corrected chi connectivity index (χ3v) is 17.0. The Morgan fingerprint density at radius 3 is 0.702 bits per heavy atom. The maximum Gasteiger partial charge on any atom is 0.472 e. The Hall–Kier alpha value is -1.94. The van der Waals surface area contributed by atoms with E-state index in [9.17, 15) is 43.2 Å². The summed E-state index contributed by atoms with van der Waals surface area (Å²) in [4.78, 5) is 71.8. The summed E-state index contributed by atoms with van der Waals surface area (Å²) in [5, 5.41) is 10.5. The minimum Gasteiger partial charge on any atom is -0.462 e. The summed E-state index contributed by atoms with van der Waals surface area (Å²) in [7, 11) is -9.87. The second kappa shape index (κ2) is 60.0. The van der Waals surface area contributed by atoms with Gasteiger partial charge < -0.3 is 33.8 Å². The normalized spacial score (nSPS) is 14.1. The summed E-state index contributed by atoms with van der Waals surface area (Å²) in [5.74, 6) is -2.15. The Bertz CT molecular complexity index is 1620. The molecule has 3 N–H and O–H groups in total. The van der Waals surface area contributed by atoms with E-state index in [1.165, 1.54) is 148 Å². The van der Waals surface area contributed by atoms with E-state index in [4.69, 9.17) is 37.0 Å². The number of hydrogen-bond donors (Lipinski definition) is 3. The summed E-state index contributed by atoms with van der Waals surface area (Å²) < 4.78 is 67.7. The monoisotopic (exact) mass is 1240 g/mol. The van der Waals surface area contributed by atoms with Gasteiger partial charge in [0.1, 0.15) is 19.3 Å². The van der Waals surface area contributed by atoms with E-state index in [-0.39, 0.29) is 25.7 Å². The van der Waals surface area contributed by atoms with Crippen molar-refractivity contribution < 1.29 is 80.2 Å². The van der Waals surface area contributed by atoms with Crippen molar-refractivity contribution in [3.8, 4) is 0 Å². The summed E-state index contributed by atoms with van der Waals surface area (Å²) >= 11 is 0. The van der Waals surface area contributed by atoms with Crippen molar-refractivity contribution in [1.82, 2.24) is 0 Å². The maximum atomic E-state index is 13.0. The molecule has 0 spiro atoms. The second-order valence-electron chi connectivity index (χ2n) is 23.5. The molecular formula is C65H126O17P2. The highest BCUT2D eigenvalue weighted by molar-refractivity contribution is 7.47. The molecule has 0 saturated carbocycles. The molecule has 84 heavy (non-hydrogen) atoms. The van der Waals surface area contributed by atoms with E-state index in [2.05, 4.69) is 27.7 Å². The number of carbonyl (C=O) groups is 4. The molecule has 0 radical (unpaired) electrons. The molecule has 0 bridgehead atoms. The molecule has 0 saturated heterocycles. The van der Waals surface area contributed by atoms with Gasteiger partial charge in [0.05, 0.1) is 26.4 Å². The van der Waals surface area contributed by atoms with Crippen LogP contribution in [-0.2, 0) is 65.4 Å². The van der Waals surface area contributed by atoms with Crippen molar-refractivity contribution in [2.45, 2.75) is 354 Å². The minimum atomic E-state index is -4.94. The largest absolute Gasteiger partial charge is 0.472 e. The van der Waals surface area contributed by atoms with Gasteiger partial charge >= 0.3 is 39.5 Å². The highest BCUT2D eigenvalue weighted by Crippen LogP contribution is 2.45. The smallest absolute Gasteiger partial charge is 0.462 e. The van der Waals surface area contributed by atoms with Crippen LogP contribution in [0.3, 0.4) is 0 Å². The molecule has 0 aromatic carbocycles. The molecule has 0 aliphatic heterocycles. The number of aliphatic hydroxyl groups excluding tert-OH is 1. The van der Waals surface area contributed by atoms with Gasteiger partial charge in [-0.05, 0) is 25.7 Å². The lowest BCUT2D eigenvalue weighted by atomic mass is 10.0. The molecule has 0 aromatic rings. The van der Waals surface area contributed by atoms with E-state index in [1.807, 2.05) is 0 Å². The molecule has 498 valence electrons. The number of rotatable bonds is 66. The SMILES string of the molecule is CCCCCCCCCCCCCCCCCCCCCCCCC(=O)O[C@H](COC(=O)CCCCCCCCCCCC)COP(=O)(O)OC[C@@H](O)COP(=O)(O)OC[C@@H](COC(=O)CCCCCCC)OC(=O)CCCCCCCCC. The van der Waals surface area contributed by atoms with Crippen molar-refractivity contribution in [3.63, 3.8) is 0 Å². The first-order chi connectivity index (χ1) is 40.7. The quantitative estimate of drug-likeness (QED) is 0.0222. The van der Waals surface area contributed by atoms with Gasteiger partial charge in [-0.1, -0.05) is 285 Å². The van der Waals surface area contributed by atoms with Gasteiger partial charge in [-0.2, -0.15) is 0 Å². The number of ether oxygens (including phenoxy) is 4. The van der Waals surface area contributed by atoms with Crippen LogP contribution in [0.25, 0.3) is 0 Å². The van der Waals surface area contributed by atoms with Crippen molar-refractivity contribution in [2.75, 3.05) is 39.6 Å². The lowest BCUT2D eigenvalue weighted by molar-refractivity contribution is -0.161. The summed E-state index contributed by atoms with van der Waals surface area (Å²) in [6, 6.07) is 0. The van der Waals surface area contributed by atoms with Gasteiger partial charge in [0.25, 0.3) is 0 Å². The zero-order valence-corrected chi connectivity index (χ0v) is 55.7. The Balaban J connectivity index is 5.01. The van der Waals surface area contributed by atoms with Crippen molar-refractivity contribution in [1.29, 1.82) is 0 Å². The predicted octanol–water partition coefficient (Wildman–Crippen LogP) is 18.3. The number of unbranched alkanes of at least 4 members (excludes halogenated alkanes) is 40. The standard InChI is InChI=1S/C65H126O17P2/c1-5-9-13-17-20-22-24-25-26-27-28-29-30-31-32-33-34-35-37-40-44-48-52-65(70)82-61(56-76-63(68)50-46-42-39-36-23-21-18-14-10-6-2)58-80-84(73,74)78-54-59(66)53-77-83(71,72)79-57-60(55-75-62(67)49-45-41-16-12-8-4)81-64(69)51-47-43-38-19-15-11-7-3/h59-61,66H,5-58H2,1-4H3,(H,71,72)(H,73,74)/t59-,60+,61+/m0/s1. The zero-order chi connectivity index (χ0) is 61.9. The number of phosphoric ester groups is 2. The van der Waals surface area contributed by atoms with Gasteiger partial charge in [-0.3, -0.25) is 37.3 Å². The number of phosphoric acid groups is 2. The molecule has 0 rings (SSSR count). The molecule has 0 aromatic heterocycles. The molecule has 0 aliphatic carbocycles. The van der Waals surface area contributed by atoms with Crippen LogP contribution < -0.4 is 0 Å². The van der Waals surface area contributed by atoms with Crippen LogP contribution in [0.5, 0.6) is 0 Å². The molecule has 17 nitrogen and oxygen atoms in total. The number of carbonyl (C=O) groups excluding carboxylic acids is 4.